The maximum absolute atomic E-state index is 12.5. The zero-order valence-electron chi connectivity index (χ0n) is 6.37. The van der Waals surface area contributed by atoms with E-state index in [0.717, 1.165) is 12.1 Å². The molecule has 2 N–H and O–H groups in total. The SMILES string of the molecule is O=C(O)C(O)c1ccc(F)c(F)c1. The molecule has 1 aromatic rings. The van der Waals surface area contributed by atoms with Gasteiger partial charge in [0.2, 0.25) is 0 Å². The largest absolute Gasteiger partial charge is 0.479 e. The summed E-state index contributed by atoms with van der Waals surface area (Å²) < 4.78 is 24.9. The van der Waals surface area contributed by atoms with Crippen molar-refractivity contribution in [3.05, 3.63) is 35.4 Å². The van der Waals surface area contributed by atoms with Gasteiger partial charge in [-0.05, 0) is 17.7 Å². The van der Waals surface area contributed by atoms with E-state index in [1.54, 1.807) is 0 Å². The maximum Gasteiger partial charge on any atom is 0.337 e. The van der Waals surface area contributed by atoms with Crippen molar-refractivity contribution in [2.75, 3.05) is 0 Å². The predicted octanol–water partition coefficient (Wildman–Crippen LogP) is 1.08. The van der Waals surface area contributed by atoms with Crippen LogP contribution in [0.2, 0.25) is 0 Å². The first kappa shape index (κ1) is 9.60. The quantitative estimate of drug-likeness (QED) is 0.730. The third kappa shape index (κ3) is 2.00. The van der Waals surface area contributed by atoms with Crippen LogP contribution in [0.25, 0.3) is 0 Å². The van der Waals surface area contributed by atoms with Crippen molar-refractivity contribution in [3.63, 3.8) is 0 Å². The molecule has 0 aliphatic heterocycles. The van der Waals surface area contributed by atoms with Gasteiger partial charge in [-0.3, -0.25) is 0 Å². The minimum absolute atomic E-state index is 0.189. The minimum atomic E-state index is -1.82. The van der Waals surface area contributed by atoms with Crippen LogP contribution in [0.15, 0.2) is 18.2 Å². The second-order valence-electron chi connectivity index (χ2n) is 2.41. The van der Waals surface area contributed by atoms with Crippen LogP contribution in [0.1, 0.15) is 11.7 Å². The van der Waals surface area contributed by atoms with E-state index in [2.05, 4.69) is 0 Å². The summed E-state index contributed by atoms with van der Waals surface area (Å²) >= 11 is 0. The zero-order valence-corrected chi connectivity index (χ0v) is 6.37. The first-order valence-electron chi connectivity index (χ1n) is 3.38. The molecule has 1 aromatic carbocycles. The van der Waals surface area contributed by atoms with Crippen molar-refractivity contribution < 1.29 is 23.8 Å². The molecule has 0 bridgehead atoms. The molecule has 0 aromatic heterocycles. The lowest BCUT2D eigenvalue weighted by molar-refractivity contribution is -0.146. The molecule has 0 fully saturated rings. The Morgan fingerprint density at radius 1 is 1.31 bits per heavy atom. The molecule has 3 nitrogen and oxygen atoms in total. The number of halogens is 2. The summed E-state index contributed by atoms with van der Waals surface area (Å²) in [6.07, 6.45) is -1.82. The monoisotopic (exact) mass is 188 g/mol. The number of aliphatic hydroxyl groups excluding tert-OH is 1. The normalized spacial score (nSPS) is 12.5. The molecule has 0 spiro atoms. The van der Waals surface area contributed by atoms with Crippen molar-refractivity contribution in [2.45, 2.75) is 6.10 Å². The third-order valence-corrected chi connectivity index (χ3v) is 1.49. The number of hydrogen-bond acceptors (Lipinski definition) is 2. The summed E-state index contributed by atoms with van der Waals surface area (Å²) in [6.45, 7) is 0. The molecule has 0 aliphatic rings. The molecule has 0 amide bonds. The fourth-order valence-electron chi connectivity index (χ4n) is 0.825. The maximum atomic E-state index is 12.5. The van der Waals surface area contributed by atoms with Crippen molar-refractivity contribution in [1.29, 1.82) is 0 Å². The standard InChI is InChI=1S/C8H6F2O3/c9-5-2-1-4(3-6(5)10)7(11)8(12)13/h1-3,7,11H,(H,12,13). The number of aliphatic carboxylic acids is 1. The van der Waals surface area contributed by atoms with Crippen LogP contribution < -0.4 is 0 Å². The van der Waals surface area contributed by atoms with Gasteiger partial charge in [0.25, 0.3) is 0 Å². The van der Waals surface area contributed by atoms with E-state index in [-0.39, 0.29) is 5.56 Å². The number of hydrogen-bond donors (Lipinski definition) is 2. The smallest absolute Gasteiger partial charge is 0.337 e. The Kier molecular flexibility index (Phi) is 2.57. The van der Waals surface area contributed by atoms with Crippen LogP contribution >= 0.6 is 0 Å². The topological polar surface area (TPSA) is 57.5 Å². The van der Waals surface area contributed by atoms with Gasteiger partial charge in [0, 0.05) is 0 Å². The van der Waals surface area contributed by atoms with Gasteiger partial charge in [0.05, 0.1) is 0 Å². The Morgan fingerprint density at radius 3 is 2.38 bits per heavy atom. The van der Waals surface area contributed by atoms with Crippen molar-refractivity contribution >= 4 is 5.97 Å². The number of rotatable bonds is 2. The van der Waals surface area contributed by atoms with E-state index < -0.39 is 23.7 Å². The van der Waals surface area contributed by atoms with Crippen LogP contribution in [-0.4, -0.2) is 16.2 Å². The van der Waals surface area contributed by atoms with Gasteiger partial charge >= 0.3 is 5.97 Å². The molecule has 1 rings (SSSR count). The van der Waals surface area contributed by atoms with Gasteiger partial charge in [0.15, 0.2) is 17.7 Å². The number of carboxylic acid groups (broad SMARTS) is 1. The van der Waals surface area contributed by atoms with Crippen LogP contribution in [0.5, 0.6) is 0 Å². The van der Waals surface area contributed by atoms with Crippen molar-refractivity contribution in [2.24, 2.45) is 0 Å². The summed E-state index contributed by atoms with van der Waals surface area (Å²) in [7, 11) is 0. The Balaban J connectivity index is 3.03. The molecule has 1 unspecified atom stereocenters. The lowest BCUT2D eigenvalue weighted by Crippen LogP contribution is -2.10. The zero-order chi connectivity index (χ0) is 10.0. The molecule has 5 heteroatoms. The van der Waals surface area contributed by atoms with Gasteiger partial charge in [-0.2, -0.15) is 0 Å². The highest BCUT2D eigenvalue weighted by atomic mass is 19.2. The van der Waals surface area contributed by atoms with Gasteiger partial charge in [-0.15, -0.1) is 0 Å². The van der Waals surface area contributed by atoms with Gasteiger partial charge in [-0.1, -0.05) is 6.07 Å². The highest BCUT2D eigenvalue weighted by Gasteiger charge is 2.17. The van der Waals surface area contributed by atoms with Crippen molar-refractivity contribution in [1.82, 2.24) is 0 Å². The molecule has 0 heterocycles. The first-order chi connectivity index (χ1) is 6.02. The molecular formula is C8H6F2O3. The highest BCUT2D eigenvalue weighted by molar-refractivity contribution is 5.73. The predicted molar refractivity (Wildman–Crippen MR) is 39.0 cm³/mol. The molecule has 1 atom stereocenters. The van der Waals surface area contributed by atoms with E-state index in [1.807, 2.05) is 0 Å². The van der Waals surface area contributed by atoms with Crippen LogP contribution in [0.3, 0.4) is 0 Å². The second-order valence-corrected chi connectivity index (χ2v) is 2.41. The third-order valence-electron chi connectivity index (χ3n) is 1.49. The Morgan fingerprint density at radius 2 is 1.92 bits per heavy atom. The van der Waals surface area contributed by atoms with Gasteiger partial charge in [0.1, 0.15) is 0 Å². The van der Waals surface area contributed by atoms with Crippen LogP contribution in [0, 0.1) is 11.6 Å². The molecule has 13 heavy (non-hydrogen) atoms. The van der Waals surface area contributed by atoms with Crippen molar-refractivity contribution in [3.8, 4) is 0 Å². The fourth-order valence-corrected chi connectivity index (χ4v) is 0.825. The number of benzene rings is 1. The Labute approximate surface area is 72.2 Å². The lowest BCUT2D eigenvalue weighted by atomic mass is 10.1. The average Bonchev–Trinajstić information content (AvgIpc) is 2.08. The van der Waals surface area contributed by atoms with E-state index >= 15 is 0 Å². The molecule has 0 saturated carbocycles. The molecular weight excluding hydrogens is 182 g/mol. The van der Waals surface area contributed by atoms with E-state index in [1.165, 1.54) is 0 Å². The van der Waals surface area contributed by atoms with Gasteiger partial charge in [-0.25, -0.2) is 13.6 Å². The summed E-state index contributed by atoms with van der Waals surface area (Å²) in [5, 5.41) is 17.3. The van der Waals surface area contributed by atoms with E-state index in [9.17, 15) is 13.6 Å². The lowest BCUT2D eigenvalue weighted by Gasteiger charge is -2.05. The minimum Gasteiger partial charge on any atom is -0.479 e. The molecule has 0 radical (unpaired) electrons. The molecule has 0 aliphatic carbocycles. The highest BCUT2D eigenvalue weighted by Crippen LogP contribution is 2.15. The molecule has 0 saturated heterocycles. The summed E-state index contributed by atoms with van der Waals surface area (Å²) in [5.41, 5.74) is -0.189. The first-order valence-corrected chi connectivity index (χ1v) is 3.38. The fraction of sp³-hybridized carbons (Fsp3) is 0.125. The van der Waals surface area contributed by atoms with E-state index in [4.69, 9.17) is 10.2 Å². The van der Waals surface area contributed by atoms with Gasteiger partial charge < -0.3 is 10.2 Å². The van der Waals surface area contributed by atoms with Crippen LogP contribution in [0.4, 0.5) is 8.78 Å². The number of aliphatic hydroxyl groups is 1. The second kappa shape index (κ2) is 3.49. The van der Waals surface area contributed by atoms with Crippen LogP contribution in [-0.2, 0) is 4.79 Å². The summed E-state index contributed by atoms with van der Waals surface area (Å²) in [5.74, 6) is -3.77. The average molecular weight is 188 g/mol. The Bertz CT molecular complexity index is 338. The Hall–Kier alpha value is -1.49. The number of carboxylic acids is 1. The summed E-state index contributed by atoms with van der Waals surface area (Å²) in [6, 6.07) is 2.42. The summed E-state index contributed by atoms with van der Waals surface area (Å²) in [4.78, 5) is 10.2. The van der Waals surface area contributed by atoms with E-state index in [0.29, 0.717) is 6.07 Å². The molecule has 70 valence electrons. The number of carbonyl (C=O) groups is 1.